The number of hydrogen-bond acceptors (Lipinski definition) is 3. The molecule has 2 aromatic carbocycles. The van der Waals surface area contributed by atoms with Crippen LogP contribution in [0, 0.1) is 5.82 Å². The summed E-state index contributed by atoms with van der Waals surface area (Å²) >= 11 is 0. The van der Waals surface area contributed by atoms with Gasteiger partial charge in [0, 0.05) is 55.2 Å². The van der Waals surface area contributed by atoms with Gasteiger partial charge in [0.05, 0.1) is 6.54 Å². The van der Waals surface area contributed by atoms with E-state index in [1.54, 1.807) is 12.1 Å². The highest BCUT2D eigenvalue weighted by atomic mass is 19.1. The molecule has 33 heavy (non-hydrogen) atoms. The van der Waals surface area contributed by atoms with Crippen LogP contribution in [0.15, 0.2) is 48.5 Å². The van der Waals surface area contributed by atoms with Crippen molar-refractivity contribution in [3.63, 3.8) is 0 Å². The zero-order chi connectivity index (χ0) is 22.8. The molecule has 2 fully saturated rings. The van der Waals surface area contributed by atoms with Crippen molar-refractivity contribution in [1.82, 2.24) is 20.1 Å². The van der Waals surface area contributed by atoms with Crippen LogP contribution in [0.25, 0.3) is 22.2 Å². The lowest BCUT2D eigenvalue weighted by Gasteiger charge is -2.34. The van der Waals surface area contributed by atoms with Gasteiger partial charge in [0.1, 0.15) is 5.82 Å². The lowest BCUT2D eigenvalue weighted by Crippen LogP contribution is -2.51. The number of rotatable bonds is 7. The van der Waals surface area contributed by atoms with Crippen molar-refractivity contribution in [1.29, 1.82) is 0 Å². The first kappa shape index (κ1) is 21.6. The summed E-state index contributed by atoms with van der Waals surface area (Å²) in [7, 11) is 0. The number of carbonyl (C=O) groups excluding carboxylic acids is 2. The average molecular weight is 449 g/mol. The number of halogens is 1. The fraction of sp³-hybridized carbons (Fsp3) is 0.385. The highest BCUT2D eigenvalue weighted by Crippen LogP contribution is 2.31. The molecular formula is C26H29FN4O2. The van der Waals surface area contributed by atoms with E-state index in [0.717, 1.165) is 53.7 Å². The summed E-state index contributed by atoms with van der Waals surface area (Å²) in [6.45, 7) is 3.15. The van der Waals surface area contributed by atoms with E-state index in [1.165, 1.54) is 12.1 Å². The Morgan fingerprint density at radius 3 is 2.45 bits per heavy atom. The number of nitrogens with one attached hydrogen (secondary N) is 2. The lowest BCUT2D eigenvalue weighted by atomic mass is 10.0. The number of amides is 2. The summed E-state index contributed by atoms with van der Waals surface area (Å²) in [6, 6.07) is 14.9. The van der Waals surface area contributed by atoms with Crippen LogP contribution in [0.1, 0.15) is 24.8 Å². The molecule has 0 spiro atoms. The molecule has 5 rings (SSSR count). The molecule has 0 radical (unpaired) electrons. The Morgan fingerprint density at radius 1 is 1.00 bits per heavy atom. The molecule has 2 heterocycles. The summed E-state index contributed by atoms with van der Waals surface area (Å²) in [5.41, 5.74) is 3.95. The second-order valence-electron chi connectivity index (χ2n) is 9.03. The molecule has 6 nitrogen and oxygen atoms in total. The number of hydrogen-bond donors (Lipinski definition) is 2. The van der Waals surface area contributed by atoms with Crippen molar-refractivity contribution in [2.75, 3.05) is 32.7 Å². The molecule has 1 aliphatic carbocycles. The van der Waals surface area contributed by atoms with Crippen LogP contribution in [0.2, 0.25) is 0 Å². The molecular weight excluding hydrogens is 419 g/mol. The third-order valence-corrected chi connectivity index (χ3v) is 6.57. The lowest BCUT2D eigenvalue weighted by molar-refractivity contribution is -0.133. The van der Waals surface area contributed by atoms with E-state index in [0.29, 0.717) is 38.5 Å². The summed E-state index contributed by atoms with van der Waals surface area (Å²) in [5, 5.41) is 4.12. The van der Waals surface area contributed by atoms with E-state index in [-0.39, 0.29) is 17.6 Å². The van der Waals surface area contributed by atoms with Crippen LogP contribution in [0.5, 0.6) is 0 Å². The molecule has 0 atom stereocenters. The smallest absolute Gasteiger partial charge is 0.234 e. The third-order valence-electron chi connectivity index (χ3n) is 6.57. The monoisotopic (exact) mass is 448 g/mol. The molecule has 1 aliphatic heterocycles. The Hall–Kier alpha value is -3.19. The van der Waals surface area contributed by atoms with Gasteiger partial charge in [0.25, 0.3) is 0 Å². The van der Waals surface area contributed by atoms with Crippen molar-refractivity contribution in [3.8, 4) is 11.3 Å². The minimum atomic E-state index is -0.268. The first-order valence-electron chi connectivity index (χ1n) is 11.7. The van der Waals surface area contributed by atoms with Crippen LogP contribution in [0.3, 0.4) is 0 Å². The normalized spacial score (nSPS) is 16.8. The van der Waals surface area contributed by atoms with Gasteiger partial charge >= 0.3 is 0 Å². The van der Waals surface area contributed by atoms with Gasteiger partial charge in [-0.15, -0.1) is 0 Å². The van der Waals surface area contributed by atoms with Crippen molar-refractivity contribution >= 4 is 22.7 Å². The average Bonchev–Trinajstić information content (AvgIpc) is 3.56. The number of piperazine rings is 1. The van der Waals surface area contributed by atoms with E-state index in [1.807, 2.05) is 23.1 Å². The first-order valence-corrected chi connectivity index (χ1v) is 11.7. The number of benzene rings is 2. The Morgan fingerprint density at radius 2 is 1.73 bits per heavy atom. The Bertz CT molecular complexity index is 1140. The standard InChI is InChI=1S/C26H29FN4O2/c27-19-7-5-18(6-8-19)26-22(21-3-1-2-4-23(21)29-26)11-12-25(33)31-15-13-30(14-16-31)17-24(32)28-20-9-10-20/h1-8,20,29H,9-17H2,(H,28,32). The first-order chi connectivity index (χ1) is 16.1. The van der Waals surface area contributed by atoms with Gasteiger partial charge in [-0.1, -0.05) is 18.2 Å². The molecule has 3 aromatic rings. The second-order valence-corrected chi connectivity index (χ2v) is 9.03. The van der Waals surface area contributed by atoms with Gasteiger partial charge in [0.2, 0.25) is 11.8 Å². The van der Waals surface area contributed by atoms with Crippen molar-refractivity contribution < 1.29 is 14.0 Å². The zero-order valence-electron chi connectivity index (χ0n) is 18.6. The van der Waals surface area contributed by atoms with Crippen molar-refractivity contribution in [3.05, 3.63) is 59.9 Å². The highest BCUT2D eigenvalue weighted by Gasteiger charge is 2.26. The molecule has 1 aromatic heterocycles. The molecule has 0 bridgehead atoms. The minimum Gasteiger partial charge on any atom is -0.354 e. The number of H-pyrrole nitrogens is 1. The van der Waals surface area contributed by atoms with E-state index in [2.05, 4.69) is 21.3 Å². The number of aromatic nitrogens is 1. The summed E-state index contributed by atoms with van der Waals surface area (Å²) in [5.74, 6) is -0.0481. The Kier molecular flexibility index (Phi) is 6.13. The quantitative estimate of drug-likeness (QED) is 0.583. The summed E-state index contributed by atoms with van der Waals surface area (Å²) in [4.78, 5) is 32.5. The van der Waals surface area contributed by atoms with E-state index >= 15 is 0 Å². The van der Waals surface area contributed by atoms with Crippen LogP contribution in [0.4, 0.5) is 4.39 Å². The SMILES string of the molecule is O=C(CN1CCN(C(=O)CCc2c(-c3ccc(F)cc3)[nH]c3ccccc23)CC1)NC1CC1. The number of para-hydroxylation sites is 1. The molecule has 1 saturated carbocycles. The second kappa shape index (κ2) is 9.35. The molecule has 2 aliphatic rings. The molecule has 2 amide bonds. The maximum Gasteiger partial charge on any atom is 0.234 e. The zero-order valence-corrected chi connectivity index (χ0v) is 18.6. The van der Waals surface area contributed by atoms with Gasteiger partial charge < -0.3 is 15.2 Å². The van der Waals surface area contributed by atoms with Crippen molar-refractivity contribution in [2.45, 2.75) is 31.7 Å². The number of carbonyl (C=O) groups is 2. The summed E-state index contributed by atoms with van der Waals surface area (Å²) < 4.78 is 13.4. The maximum absolute atomic E-state index is 13.4. The van der Waals surface area contributed by atoms with Gasteiger partial charge in [-0.3, -0.25) is 14.5 Å². The largest absolute Gasteiger partial charge is 0.354 e. The molecule has 2 N–H and O–H groups in total. The van der Waals surface area contributed by atoms with E-state index < -0.39 is 0 Å². The predicted octanol–water partition coefficient (Wildman–Crippen LogP) is 3.33. The number of nitrogens with zero attached hydrogens (tertiary/aromatic N) is 2. The predicted molar refractivity (Wildman–Crippen MR) is 126 cm³/mol. The topological polar surface area (TPSA) is 68.4 Å². The van der Waals surface area contributed by atoms with Crippen LogP contribution in [-0.2, 0) is 16.0 Å². The Labute approximate surface area is 192 Å². The van der Waals surface area contributed by atoms with Crippen LogP contribution >= 0.6 is 0 Å². The van der Waals surface area contributed by atoms with Gasteiger partial charge in [0.15, 0.2) is 0 Å². The van der Waals surface area contributed by atoms with Crippen molar-refractivity contribution in [2.24, 2.45) is 0 Å². The minimum absolute atomic E-state index is 0.0879. The number of aryl methyl sites for hydroxylation is 1. The van der Waals surface area contributed by atoms with Crippen LogP contribution in [-0.4, -0.2) is 65.4 Å². The van der Waals surface area contributed by atoms with E-state index in [4.69, 9.17) is 0 Å². The highest BCUT2D eigenvalue weighted by molar-refractivity contribution is 5.91. The number of fused-ring (bicyclic) bond motifs is 1. The fourth-order valence-corrected chi connectivity index (χ4v) is 4.57. The number of aromatic amines is 1. The van der Waals surface area contributed by atoms with E-state index in [9.17, 15) is 14.0 Å². The van der Waals surface area contributed by atoms with Gasteiger partial charge in [-0.25, -0.2) is 4.39 Å². The maximum atomic E-state index is 13.4. The van der Waals surface area contributed by atoms with Gasteiger partial charge in [-0.05, 0) is 60.7 Å². The third kappa shape index (κ3) is 5.09. The van der Waals surface area contributed by atoms with Gasteiger partial charge in [-0.2, -0.15) is 0 Å². The molecule has 0 unspecified atom stereocenters. The van der Waals surface area contributed by atoms with Crippen LogP contribution < -0.4 is 5.32 Å². The molecule has 7 heteroatoms. The fourth-order valence-electron chi connectivity index (χ4n) is 4.57. The Balaban J connectivity index is 1.22. The summed E-state index contributed by atoms with van der Waals surface area (Å²) in [6.07, 6.45) is 3.21. The molecule has 172 valence electrons. The molecule has 1 saturated heterocycles.